The van der Waals surface area contributed by atoms with Gasteiger partial charge in [0.1, 0.15) is 0 Å². The van der Waals surface area contributed by atoms with E-state index in [2.05, 4.69) is 23.1 Å². The van der Waals surface area contributed by atoms with Gasteiger partial charge in [0.2, 0.25) is 5.91 Å². The molecule has 1 heterocycles. The lowest BCUT2D eigenvalue weighted by atomic mass is 9.93. The van der Waals surface area contributed by atoms with Gasteiger partial charge in [0.15, 0.2) is 0 Å². The van der Waals surface area contributed by atoms with Crippen LogP contribution in [0.4, 0.5) is 0 Å². The summed E-state index contributed by atoms with van der Waals surface area (Å²) in [6.45, 7) is 4.40. The van der Waals surface area contributed by atoms with Gasteiger partial charge >= 0.3 is 0 Å². The number of benzene rings is 1. The molecule has 0 radical (unpaired) electrons. The van der Waals surface area contributed by atoms with Gasteiger partial charge in [-0.2, -0.15) is 5.26 Å². The van der Waals surface area contributed by atoms with Crippen LogP contribution >= 0.6 is 0 Å². The summed E-state index contributed by atoms with van der Waals surface area (Å²) in [6, 6.07) is 9.91. The van der Waals surface area contributed by atoms with Crippen molar-refractivity contribution in [1.29, 1.82) is 5.26 Å². The van der Waals surface area contributed by atoms with E-state index in [1.807, 2.05) is 29.2 Å². The van der Waals surface area contributed by atoms with E-state index in [9.17, 15) is 4.79 Å². The number of nitriles is 1. The molecule has 4 nitrogen and oxygen atoms in total. The lowest BCUT2D eigenvalue weighted by molar-refractivity contribution is -0.137. The molecule has 1 aromatic rings. The maximum atomic E-state index is 12.5. The van der Waals surface area contributed by atoms with E-state index < -0.39 is 0 Å². The summed E-state index contributed by atoms with van der Waals surface area (Å²) in [5, 5.41) is 8.84. The summed E-state index contributed by atoms with van der Waals surface area (Å²) < 4.78 is 0. The number of carbonyl (C=O) groups is 1. The van der Waals surface area contributed by atoms with Gasteiger partial charge in [-0.1, -0.05) is 24.3 Å². The lowest BCUT2D eigenvalue weighted by Gasteiger charge is -2.36. The van der Waals surface area contributed by atoms with E-state index in [1.54, 1.807) is 0 Å². The first-order valence-corrected chi connectivity index (χ1v) is 8.41. The van der Waals surface area contributed by atoms with Crippen LogP contribution in [0.25, 0.3) is 0 Å². The van der Waals surface area contributed by atoms with Gasteiger partial charge in [-0.25, -0.2) is 0 Å². The first-order valence-electron chi connectivity index (χ1n) is 8.41. The number of carbonyl (C=O) groups excluding carboxylic acids is 1. The monoisotopic (exact) mass is 309 g/mol. The van der Waals surface area contributed by atoms with Gasteiger partial charge in [-0.3, -0.25) is 9.69 Å². The molecule has 1 amide bonds. The fourth-order valence-electron chi connectivity index (χ4n) is 3.35. The van der Waals surface area contributed by atoms with E-state index in [-0.39, 0.29) is 5.92 Å². The normalized spacial score (nSPS) is 21.9. The van der Waals surface area contributed by atoms with Crippen LogP contribution < -0.4 is 0 Å². The molecular weight excluding hydrogens is 286 g/mol. The average Bonchev–Trinajstić information content (AvgIpc) is 2.63. The number of hydrogen-bond donors (Lipinski definition) is 0. The third kappa shape index (κ3) is 4.00. The molecule has 4 heteroatoms. The van der Waals surface area contributed by atoms with Crippen molar-refractivity contribution < 1.29 is 4.79 Å². The minimum atomic E-state index is 0.199. The minimum Gasteiger partial charge on any atom is -0.340 e. The van der Waals surface area contributed by atoms with Crippen molar-refractivity contribution in [3.8, 4) is 6.07 Å². The summed E-state index contributed by atoms with van der Waals surface area (Å²) in [7, 11) is 0. The maximum Gasteiger partial charge on any atom is 0.226 e. The highest BCUT2D eigenvalue weighted by Gasteiger charge is 2.27. The van der Waals surface area contributed by atoms with E-state index in [1.165, 1.54) is 5.56 Å². The number of rotatable bonds is 3. The zero-order valence-electron chi connectivity index (χ0n) is 13.4. The number of piperazine rings is 1. The fraction of sp³-hybridized carbons (Fsp3) is 0.474. The second-order valence-electron chi connectivity index (χ2n) is 6.39. The highest BCUT2D eigenvalue weighted by molar-refractivity contribution is 5.79. The van der Waals surface area contributed by atoms with Gasteiger partial charge in [-0.15, -0.1) is 0 Å². The maximum absolute atomic E-state index is 12.5. The van der Waals surface area contributed by atoms with Crippen LogP contribution in [0.5, 0.6) is 0 Å². The van der Waals surface area contributed by atoms with Crippen LogP contribution in [0, 0.1) is 17.2 Å². The first kappa shape index (κ1) is 15.8. The van der Waals surface area contributed by atoms with E-state index in [4.69, 9.17) is 5.26 Å². The molecule has 1 aliphatic heterocycles. The van der Waals surface area contributed by atoms with Gasteiger partial charge in [0.25, 0.3) is 0 Å². The highest BCUT2D eigenvalue weighted by atomic mass is 16.2. The topological polar surface area (TPSA) is 47.3 Å². The summed E-state index contributed by atoms with van der Waals surface area (Å²) >= 11 is 0. The molecule has 1 fully saturated rings. The van der Waals surface area contributed by atoms with Crippen LogP contribution in [0.1, 0.15) is 30.4 Å². The van der Waals surface area contributed by atoms with Crippen LogP contribution in [-0.2, 0) is 11.3 Å². The molecule has 23 heavy (non-hydrogen) atoms. The van der Waals surface area contributed by atoms with Crippen LogP contribution in [0.3, 0.4) is 0 Å². The number of hydrogen-bond acceptors (Lipinski definition) is 3. The van der Waals surface area contributed by atoms with Crippen molar-refractivity contribution in [1.82, 2.24) is 9.80 Å². The van der Waals surface area contributed by atoms with Crippen LogP contribution in [0.15, 0.2) is 36.4 Å². The highest BCUT2D eigenvalue weighted by Crippen LogP contribution is 2.21. The van der Waals surface area contributed by atoms with Gasteiger partial charge in [0, 0.05) is 38.6 Å². The van der Waals surface area contributed by atoms with Crippen molar-refractivity contribution in [2.24, 2.45) is 5.92 Å². The number of nitrogens with zero attached hydrogens (tertiary/aromatic N) is 3. The van der Waals surface area contributed by atoms with Crippen LogP contribution in [0.2, 0.25) is 0 Å². The second kappa shape index (κ2) is 7.43. The zero-order valence-corrected chi connectivity index (χ0v) is 13.4. The standard InChI is InChI=1S/C19H23N3O/c20-14-16-6-8-17(9-7-16)15-21-10-12-22(13-11-21)19(23)18-4-2-1-3-5-18/h1-2,6-9,18H,3-5,10-13,15H2/t18-/m1/s1. The molecule has 1 atom stereocenters. The third-order valence-electron chi connectivity index (χ3n) is 4.79. The zero-order chi connectivity index (χ0) is 16.1. The van der Waals surface area contributed by atoms with Crippen LogP contribution in [-0.4, -0.2) is 41.9 Å². The predicted molar refractivity (Wildman–Crippen MR) is 89.5 cm³/mol. The number of allylic oxidation sites excluding steroid dienone is 2. The molecule has 0 saturated carbocycles. The molecule has 0 N–H and O–H groups in total. The van der Waals surface area contributed by atoms with E-state index in [0.717, 1.165) is 52.0 Å². The van der Waals surface area contributed by atoms with Crippen molar-refractivity contribution in [2.45, 2.75) is 25.8 Å². The second-order valence-corrected chi connectivity index (χ2v) is 6.39. The molecule has 2 aliphatic rings. The van der Waals surface area contributed by atoms with E-state index >= 15 is 0 Å². The molecule has 3 rings (SSSR count). The van der Waals surface area contributed by atoms with Gasteiger partial charge in [-0.05, 0) is 37.0 Å². The largest absolute Gasteiger partial charge is 0.340 e. The molecule has 1 saturated heterocycles. The van der Waals surface area contributed by atoms with Crippen molar-refractivity contribution in [3.05, 3.63) is 47.5 Å². The SMILES string of the molecule is N#Cc1ccc(CN2CCN(C(=O)[C@@H]3CC=CCC3)CC2)cc1. The van der Waals surface area contributed by atoms with Gasteiger partial charge in [0.05, 0.1) is 11.6 Å². The Morgan fingerprint density at radius 1 is 1.13 bits per heavy atom. The quantitative estimate of drug-likeness (QED) is 0.806. The Morgan fingerprint density at radius 3 is 2.48 bits per heavy atom. The average molecular weight is 309 g/mol. The Hall–Kier alpha value is -2.12. The van der Waals surface area contributed by atoms with E-state index in [0.29, 0.717) is 11.5 Å². The third-order valence-corrected chi connectivity index (χ3v) is 4.79. The van der Waals surface area contributed by atoms with Gasteiger partial charge < -0.3 is 4.90 Å². The molecule has 1 aromatic carbocycles. The summed E-state index contributed by atoms with van der Waals surface area (Å²) in [4.78, 5) is 17.0. The Labute approximate surface area is 138 Å². The first-order chi connectivity index (χ1) is 11.3. The Bertz CT molecular complexity index is 606. The predicted octanol–water partition coefficient (Wildman–Crippen LogP) is 2.56. The Morgan fingerprint density at radius 2 is 1.87 bits per heavy atom. The molecule has 0 spiro atoms. The van der Waals surface area contributed by atoms with Crippen molar-refractivity contribution in [3.63, 3.8) is 0 Å². The summed E-state index contributed by atoms with van der Waals surface area (Å²) in [6.07, 6.45) is 7.27. The summed E-state index contributed by atoms with van der Waals surface area (Å²) in [5.74, 6) is 0.539. The lowest BCUT2D eigenvalue weighted by Crippen LogP contribution is -2.50. The molecular formula is C19H23N3O. The van der Waals surface area contributed by atoms with Crippen molar-refractivity contribution in [2.75, 3.05) is 26.2 Å². The molecule has 0 unspecified atom stereocenters. The Kier molecular flexibility index (Phi) is 5.09. The number of amides is 1. The summed E-state index contributed by atoms with van der Waals surface area (Å²) in [5.41, 5.74) is 1.92. The molecule has 1 aliphatic carbocycles. The molecule has 120 valence electrons. The fourth-order valence-corrected chi connectivity index (χ4v) is 3.35. The Balaban J connectivity index is 1.49. The smallest absolute Gasteiger partial charge is 0.226 e. The molecule has 0 bridgehead atoms. The van der Waals surface area contributed by atoms with Crippen molar-refractivity contribution >= 4 is 5.91 Å². The minimum absolute atomic E-state index is 0.199. The molecule has 0 aromatic heterocycles.